The molecular weight excluding hydrogens is 288 g/mol. The SMILES string of the molecule is CCC(C)NC(=O)CCNC1CS(=O)(=O)c2ccccc21. The van der Waals surface area contributed by atoms with Crippen molar-refractivity contribution in [2.75, 3.05) is 12.3 Å². The van der Waals surface area contributed by atoms with Gasteiger partial charge in [-0.15, -0.1) is 0 Å². The zero-order chi connectivity index (χ0) is 15.5. The molecule has 1 aromatic carbocycles. The van der Waals surface area contributed by atoms with Gasteiger partial charge in [0.1, 0.15) is 0 Å². The van der Waals surface area contributed by atoms with Gasteiger partial charge in [-0.2, -0.15) is 0 Å². The summed E-state index contributed by atoms with van der Waals surface area (Å²) in [7, 11) is -3.19. The molecule has 1 aliphatic rings. The van der Waals surface area contributed by atoms with Gasteiger partial charge in [0.2, 0.25) is 5.91 Å². The van der Waals surface area contributed by atoms with Crippen LogP contribution in [0.3, 0.4) is 0 Å². The van der Waals surface area contributed by atoms with E-state index in [9.17, 15) is 13.2 Å². The van der Waals surface area contributed by atoms with Crippen LogP contribution in [0.25, 0.3) is 0 Å². The molecule has 1 aromatic rings. The summed E-state index contributed by atoms with van der Waals surface area (Å²) in [4.78, 5) is 12.1. The number of carbonyl (C=O) groups is 1. The van der Waals surface area contributed by atoms with Crippen LogP contribution in [0.4, 0.5) is 0 Å². The lowest BCUT2D eigenvalue weighted by Crippen LogP contribution is -2.34. The second-order valence-electron chi connectivity index (χ2n) is 5.45. The van der Waals surface area contributed by atoms with Crippen molar-refractivity contribution in [1.82, 2.24) is 10.6 Å². The lowest BCUT2D eigenvalue weighted by molar-refractivity contribution is -0.121. The summed E-state index contributed by atoms with van der Waals surface area (Å²) in [5.74, 6) is 0.0604. The molecule has 0 radical (unpaired) electrons. The molecule has 2 unspecified atom stereocenters. The summed E-state index contributed by atoms with van der Waals surface area (Å²) in [6.07, 6.45) is 1.25. The van der Waals surface area contributed by atoms with Gasteiger partial charge < -0.3 is 10.6 Å². The molecule has 0 spiro atoms. The van der Waals surface area contributed by atoms with E-state index in [1.54, 1.807) is 12.1 Å². The van der Waals surface area contributed by atoms with E-state index in [1.807, 2.05) is 26.0 Å². The van der Waals surface area contributed by atoms with Gasteiger partial charge >= 0.3 is 0 Å². The first-order valence-corrected chi connectivity index (χ1v) is 8.93. The minimum Gasteiger partial charge on any atom is -0.354 e. The quantitative estimate of drug-likeness (QED) is 0.833. The molecule has 0 aromatic heterocycles. The van der Waals surface area contributed by atoms with Crippen LogP contribution in [0.5, 0.6) is 0 Å². The molecule has 0 saturated heterocycles. The van der Waals surface area contributed by atoms with Crippen LogP contribution < -0.4 is 10.6 Å². The summed E-state index contributed by atoms with van der Waals surface area (Å²) in [5.41, 5.74) is 0.805. The predicted octanol–water partition coefficient (Wildman–Crippen LogP) is 1.41. The van der Waals surface area contributed by atoms with Crippen LogP contribution in [0.2, 0.25) is 0 Å². The fraction of sp³-hybridized carbons (Fsp3) is 0.533. The van der Waals surface area contributed by atoms with Gasteiger partial charge in [0.15, 0.2) is 9.84 Å². The Morgan fingerprint density at radius 1 is 1.38 bits per heavy atom. The van der Waals surface area contributed by atoms with E-state index in [0.29, 0.717) is 17.9 Å². The number of hydrogen-bond acceptors (Lipinski definition) is 4. The molecule has 116 valence electrons. The highest BCUT2D eigenvalue weighted by molar-refractivity contribution is 7.91. The van der Waals surface area contributed by atoms with Crippen molar-refractivity contribution in [2.45, 2.75) is 43.7 Å². The highest BCUT2D eigenvalue weighted by Gasteiger charge is 2.33. The maximum absolute atomic E-state index is 12.0. The zero-order valence-corrected chi connectivity index (χ0v) is 13.2. The third kappa shape index (κ3) is 3.83. The maximum Gasteiger partial charge on any atom is 0.221 e. The van der Waals surface area contributed by atoms with Gasteiger partial charge in [-0.3, -0.25) is 4.79 Å². The van der Waals surface area contributed by atoms with Gasteiger partial charge in [0, 0.05) is 25.0 Å². The third-order valence-corrected chi connectivity index (χ3v) is 5.59. The van der Waals surface area contributed by atoms with Crippen molar-refractivity contribution in [3.8, 4) is 0 Å². The first-order chi connectivity index (χ1) is 9.94. The Balaban J connectivity index is 1.90. The topological polar surface area (TPSA) is 75.3 Å². The molecular formula is C15H22N2O3S. The van der Waals surface area contributed by atoms with Crippen molar-refractivity contribution in [3.05, 3.63) is 29.8 Å². The Morgan fingerprint density at radius 2 is 2.10 bits per heavy atom. The average molecular weight is 310 g/mol. The van der Waals surface area contributed by atoms with Gasteiger partial charge in [-0.05, 0) is 25.0 Å². The van der Waals surface area contributed by atoms with Gasteiger partial charge in [-0.1, -0.05) is 25.1 Å². The Hall–Kier alpha value is -1.40. The zero-order valence-electron chi connectivity index (χ0n) is 12.4. The summed E-state index contributed by atoms with van der Waals surface area (Å²) < 4.78 is 24.1. The molecule has 6 heteroatoms. The number of nitrogens with one attached hydrogen (secondary N) is 2. The molecule has 21 heavy (non-hydrogen) atoms. The van der Waals surface area contributed by atoms with E-state index in [0.717, 1.165) is 12.0 Å². The van der Waals surface area contributed by atoms with E-state index in [4.69, 9.17) is 0 Å². The molecule has 5 nitrogen and oxygen atoms in total. The molecule has 1 aliphatic heterocycles. The van der Waals surface area contributed by atoms with Crippen molar-refractivity contribution in [2.24, 2.45) is 0 Å². The van der Waals surface area contributed by atoms with E-state index >= 15 is 0 Å². The largest absolute Gasteiger partial charge is 0.354 e. The van der Waals surface area contributed by atoms with Crippen molar-refractivity contribution in [3.63, 3.8) is 0 Å². The Bertz CT molecular complexity index is 613. The fourth-order valence-electron chi connectivity index (χ4n) is 2.43. The third-order valence-electron chi connectivity index (χ3n) is 3.78. The lowest BCUT2D eigenvalue weighted by atomic mass is 10.1. The van der Waals surface area contributed by atoms with Crippen molar-refractivity contribution >= 4 is 15.7 Å². The summed E-state index contributed by atoms with van der Waals surface area (Å²) in [6.45, 7) is 4.45. The second-order valence-corrected chi connectivity index (χ2v) is 7.46. The molecule has 0 bridgehead atoms. The molecule has 2 N–H and O–H groups in total. The normalized spacial score (nSPS) is 20.8. The average Bonchev–Trinajstić information content (AvgIpc) is 2.71. The number of amides is 1. The van der Waals surface area contributed by atoms with Crippen LogP contribution in [-0.4, -0.2) is 32.7 Å². The maximum atomic E-state index is 12.0. The van der Waals surface area contributed by atoms with Crippen LogP contribution in [-0.2, 0) is 14.6 Å². The first kappa shape index (κ1) is 16.0. The molecule has 0 fully saturated rings. The molecule has 2 rings (SSSR count). The smallest absolute Gasteiger partial charge is 0.221 e. The predicted molar refractivity (Wildman–Crippen MR) is 81.8 cm³/mol. The highest BCUT2D eigenvalue weighted by atomic mass is 32.2. The summed E-state index contributed by atoms with van der Waals surface area (Å²) >= 11 is 0. The van der Waals surface area contributed by atoms with Crippen LogP contribution in [0.15, 0.2) is 29.2 Å². The van der Waals surface area contributed by atoms with Crippen LogP contribution in [0, 0.1) is 0 Å². The van der Waals surface area contributed by atoms with Gasteiger partial charge in [-0.25, -0.2) is 8.42 Å². The van der Waals surface area contributed by atoms with Crippen LogP contribution in [0.1, 0.15) is 38.3 Å². The monoisotopic (exact) mass is 310 g/mol. The summed E-state index contributed by atoms with van der Waals surface area (Å²) in [6, 6.07) is 6.99. The molecule has 1 amide bonds. The Morgan fingerprint density at radius 3 is 2.81 bits per heavy atom. The number of hydrogen-bond donors (Lipinski definition) is 2. The van der Waals surface area contributed by atoms with E-state index in [2.05, 4.69) is 10.6 Å². The fourth-order valence-corrected chi connectivity index (χ4v) is 4.20. The lowest BCUT2D eigenvalue weighted by Gasteiger charge is -2.14. The number of benzene rings is 1. The van der Waals surface area contributed by atoms with E-state index in [-0.39, 0.29) is 23.7 Å². The first-order valence-electron chi connectivity index (χ1n) is 7.28. The van der Waals surface area contributed by atoms with E-state index < -0.39 is 9.84 Å². The molecule has 0 saturated carbocycles. The van der Waals surface area contributed by atoms with Gasteiger partial charge in [0.25, 0.3) is 0 Å². The standard InChI is InChI=1S/C15H22N2O3S/c1-3-11(2)17-15(18)8-9-16-13-10-21(19,20)14-7-5-4-6-12(13)14/h4-7,11,13,16H,3,8-10H2,1-2H3,(H,17,18). The second kappa shape index (κ2) is 6.58. The van der Waals surface area contributed by atoms with E-state index in [1.165, 1.54) is 0 Å². The number of sulfone groups is 1. The molecule has 0 aliphatic carbocycles. The Labute approximate surface area is 126 Å². The van der Waals surface area contributed by atoms with Crippen molar-refractivity contribution < 1.29 is 13.2 Å². The molecule has 2 atom stereocenters. The number of fused-ring (bicyclic) bond motifs is 1. The minimum atomic E-state index is -3.19. The highest BCUT2D eigenvalue weighted by Crippen LogP contribution is 2.32. The Kier molecular flexibility index (Phi) is 5.00. The number of rotatable bonds is 6. The molecule has 1 heterocycles. The number of carbonyl (C=O) groups excluding carboxylic acids is 1. The van der Waals surface area contributed by atoms with Gasteiger partial charge in [0.05, 0.1) is 10.6 Å². The summed E-state index contributed by atoms with van der Waals surface area (Å²) in [5, 5.41) is 6.07. The van der Waals surface area contributed by atoms with Crippen molar-refractivity contribution in [1.29, 1.82) is 0 Å². The minimum absolute atomic E-state index is 0.00834. The van der Waals surface area contributed by atoms with Crippen LogP contribution >= 0.6 is 0 Å².